The third kappa shape index (κ3) is 2.76. The second-order valence-corrected chi connectivity index (χ2v) is 7.60. The highest BCUT2D eigenvalue weighted by Gasteiger charge is 2.38. The van der Waals surface area contributed by atoms with E-state index in [2.05, 4.69) is 4.98 Å². The summed E-state index contributed by atoms with van der Waals surface area (Å²) in [7, 11) is -3.28. The van der Waals surface area contributed by atoms with Crippen LogP contribution in [0, 0.1) is 0 Å². The molecule has 0 amide bonds. The normalized spacial score (nSPS) is 15.2. The van der Waals surface area contributed by atoms with E-state index in [1.165, 1.54) is 25.2 Å². The zero-order chi connectivity index (χ0) is 11.7. The fourth-order valence-corrected chi connectivity index (χ4v) is 2.24. The minimum Gasteiger partial charge on any atom is -0.391 e. The largest absolute Gasteiger partial charge is 0.391 e. The second-order valence-electron chi connectivity index (χ2n) is 4.02. The monoisotopic (exact) mass is 249 g/mol. The van der Waals surface area contributed by atoms with E-state index >= 15 is 0 Å². The van der Waals surface area contributed by atoms with Crippen molar-refractivity contribution in [1.82, 2.24) is 4.98 Å². The molecule has 0 aromatic carbocycles. The molecule has 6 heteroatoms. The van der Waals surface area contributed by atoms with Crippen LogP contribution in [0.3, 0.4) is 0 Å². The third-order valence-corrected chi connectivity index (χ3v) is 5.59. The molecule has 0 bridgehead atoms. The van der Waals surface area contributed by atoms with Gasteiger partial charge in [0.15, 0.2) is 9.84 Å². The first-order chi connectivity index (χ1) is 6.75. The molecule has 0 aliphatic carbocycles. The molecular weight excluding hydrogens is 234 g/mol. The van der Waals surface area contributed by atoms with Crippen LogP contribution in [0.5, 0.6) is 0 Å². The highest BCUT2D eigenvalue weighted by Crippen LogP contribution is 2.23. The van der Waals surface area contributed by atoms with Crippen LogP contribution in [0.25, 0.3) is 0 Å². The maximum atomic E-state index is 11.4. The van der Waals surface area contributed by atoms with Crippen molar-refractivity contribution in [2.75, 3.05) is 6.26 Å². The lowest BCUT2D eigenvalue weighted by atomic mass is 10.0. The number of aliphatic hydroxyl groups excluding tert-OH is 1. The van der Waals surface area contributed by atoms with Crippen molar-refractivity contribution in [3.63, 3.8) is 0 Å². The van der Waals surface area contributed by atoms with Gasteiger partial charge in [-0.1, -0.05) is 0 Å². The molecule has 4 nitrogen and oxygen atoms in total. The Hall–Kier alpha value is -0.460. The van der Waals surface area contributed by atoms with E-state index in [9.17, 15) is 13.5 Å². The topological polar surface area (TPSA) is 67.3 Å². The minimum atomic E-state index is -3.28. The molecule has 1 heterocycles. The van der Waals surface area contributed by atoms with Crippen LogP contribution in [0.15, 0.2) is 11.6 Å². The quantitative estimate of drug-likeness (QED) is 0.860. The van der Waals surface area contributed by atoms with Gasteiger partial charge in [-0.2, -0.15) is 0 Å². The van der Waals surface area contributed by atoms with Gasteiger partial charge >= 0.3 is 0 Å². The molecular formula is C9H15NO3S2. The summed E-state index contributed by atoms with van der Waals surface area (Å²) >= 11 is 1.41. The van der Waals surface area contributed by atoms with E-state index in [-0.39, 0.29) is 6.42 Å². The van der Waals surface area contributed by atoms with Gasteiger partial charge in [-0.05, 0) is 13.8 Å². The number of aliphatic hydroxyl groups is 1. The molecule has 0 spiro atoms. The summed E-state index contributed by atoms with van der Waals surface area (Å²) in [5.74, 6) is 0. The summed E-state index contributed by atoms with van der Waals surface area (Å²) in [6, 6.07) is 0. The van der Waals surface area contributed by atoms with Crippen molar-refractivity contribution in [3.8, 4) is 0 Å². The molecule has 1 unspecified atom stereocenters. The van der Waals surface area contributed by atoms with Crippen LogP contribution >= 0.6 is 11.3 Å². The molecule has 0 saturated heterocycles. The maximum absolute atomic E-state index is 11.4. The standard InChI is InChI=1S/C9H15NO3S2/c1-9(2,15(3,12)13)7(11)6-8-10-4-5-14-8/h4-5,7,11H,6H2,1-3H3. The highest BCUT2D eigenvalue weighted by atomic mass is 32.2. The van der Waals surface area contributed by atoms with Gasteiger partial charge in [0.2, 0.25) is 0 Å². The number of sulfone groups is 1. The molecule has 0 aliphatic rings. The molecule has 1 atom stereocenters. The van der Waals surface area contributed by atoms with Crippen molar-refractivity contribution in [2.45, 2.75) is 31.1 Å². The smallest absolute Gasteiger partial charge is 0.155 e. The molecule has 15 heavy (non-hydrogen) atoms. The van der Waals surface area contributed by atoms with Gasteiger partial charge in [-0.25, -0.2) is 13.4 Å². The third-order valence-electron chi connectivity index (χ3n) is 2.61. The Morgan fingerprint density at radius 2 is 2.20 bits per heavy atom. The molecule has 86 valence electrons. The molecule has 0 saturated carbocycles. The van der Waals surface area contributed by atoms with Gasteiger partial charge in [0, 0.05) is 24.3 Å². The lowest BCUT2D eigenvalue weighted by Gasteiger charge is -2.27. The van der Waals surface area contributed by atoms with E-state index in [0.29, 0.717) is 0 Å². The van der Waals surface area contributed by atoms with Crippen LogP contribution in [0.1, 0.15) is 18.9 Å². The molecule has 1 rings (SSSR count). The molecule has 0 radical (unpaired) electrons. The van der Waals surface area contributed by atoms with E-state index < -0.39 is 20.7 Å². The Morgan fingerprint density at radius 1 is 1.60 bits per heavy atom. The Kier molecular flexibility index (Phi) is 3.52. The second kappa shape index (κ2) is 4.19. The van der Waals surface area contributed by atoms with Crippen LogP contribution in [0.4, 0.5) is 0 Å². The Morgan fingerprint density at radius 3 is 2.60 bits per heavy atom. The van der Waals surface area contributed by atoms with Crippen molar-refractivity contribution >= 4 is 21.2 Å². The molecule has 1 aromatic rings. The highest BCUT2D eigenvalue weighted by molar-refractivity contribution is 7.92. The average Bonchev–Trinajstić information content (AvgIpc) is 2.54. The predicted molar refractivity (Wildman–Crippen MR) is 60.7 cm³/mol. The van der Waals surface area contributed by atoms with Crippen LogP contribution in [-0.2, 0) is 16.3 Å². The summed E-state index contributed by atoms with van der Waals surface area (Å²) < 4.78 is 21.8. The average molecular weight is 249 g/mol. The van der Waals surface area contributed by atoms with Crippen LogP contribution in [-0.4, -0.2) is 35.6 Å². The molecule has 1 aromatic heterocycles. The lowest BCUT2D eigenvalue weighted by molar-refractivity contribution is 0.138. The van der Waals surface area contributed by atoms with E-state index in [1.807, 2.05) is 0 Å². The fourth-order valence-electron chi connectivity index (χ4n) is 1.01. The Bertz CT molecular complexity index is 409. The summed E-state index contributed by atoms with van der Waals surface area (Å²) in [4.78, 5) is 4.02. The van der Waals surface area contributed by atoms with Crippen molar-refractivity contribution in [1.29, 1.82) is 0 Å². The van der Waals surface area contributed by atoms with Gasteiger partial charge < -0.3 is 5.11 Å². The zero-order valence-corrected chi connectivity index (χ0v) is 10.6. The Labute approximate surface area is 93.9 Å². The fraction of sp³-hybridized carbons (Fsp3) is 0.667. The maximum Gasteiger partial charge on any atom is 0.155 e. The molecule has 1 N–H and O–H groups in total. The number of hydrogen-bond acceptors (Lipinski definition) is 5. The summed E-state index contributed by atoms with van der Waals surface area (Å²) in [5, 5.41) is 12.4. The number of thiazole rings is 1. The predicted octanol–water partition coefficient (Wildman–Crippen LogP) is 0.870. The molecule has 0 aliphatic heterocycles. The lowest BCUT2D eigenvalue weighted by Crippen LogP contribution is -2.44. The van der Waals surface area contributed by atoms with Crippen LogP contribution < -0.4 is 0 Å². The number of nitrogens with zero attached hydrogens (tertiary/aromatic N) is 1. The number of rotatable bonds is 4. The first-order valence-corrected chi connectivity index (χ1v) is 7.28. The van der Waals surface area contributed by atoms with Crippen molar-refractivity contribution in [3.05, 3.63) is 16.6 Å². The first kappa shape index (κ1) is 12.6. The summed E-state index contributed by atoms with van der Waals surface area (Å²) in [6.07, 6.45) is 2.12. The first-order valence-electron chi connectivity index (χ1n) is 4.51. The number of aromatic nitrogens is 1. The van der Waals surface area contributed by atoms with Gasteiger partial charge in [0.25, 0.3) is 0 Å². The summed E-state index contributed by atoms with van der Waals surface area (Å²) in [5.41, 5.74) is 0. The Balaban J connectivity index is 2.81. The van der Waals surface area contributed by atoms with Gasteiger partial charge in [0.05, 0.1) is 15.9 Å². The van der Waals surface area contributed by atoms with E-state index in [0.717, 1.165) is 11.3 Å². The van der Waals surface area contributed by atoms with E-state index in [1.54, 1.807) is 11.6 Å². The van der Waals surface area contributed by atoms with Crippen molar-refractivity contribution in [2.24, 2.45) is 0 Å². The SMILES string of the molecule is CC(C)(C(O)Cc1nccs1)S(C)(=O)=O. The van der Waals surface area contributed by atoms with Gasteiger partial charge in [-0.15, -0.1) is 11.3 Å². The van der Waals surface area contributed by atoms with E-state index in [4.69, 9.17) is 0 Å². The zero-order valence-electron chi connectivity index (χ0n) is 8.97. The number of hydrogen-bond donors (Lipinski definition) is 1. The van der Waals surface area contributed by atoms with Crippen molar-refractivity contribution < 1.29 is 13.5 Å². The van der Waals surface area contributed by atoms with Gasteiger partial charge in [-0.3, -0.25) is 0 Å². The summed E-state index contributed by atoms with van der Waals surface area (Å²) in [6.45, 7) is 3.06. The molecule has 0 fully saturated rings. The minimum absolute atomic E-state index is 0.276. The van der Waals surface area contributed by atoms with Crippen LogP contribution in [0.2, 0.25) is 0 Å². The van der Waals surface area contributed by atoms with Gasteiger partial charge in [0.1, 0.15) is 0 Å².